The van der Waals surface area contributed by atoms with Crippen LogP contribution in [0.3, 0.4) is 0 Å². The average molecular weight is 464 g/mol. The van der Waals surface area contributed by atoms with Crippen molar-refractivity contribution in [2.24, 2.45) is 5.10 Å². The van der Waals surface area contributed by atoms with Gasteiger partial charge in [-0.1, -0.05) is 24.3 Å². The number of carbonyl (C=O) groups excluding carboxylic acids is 1. The fourth-order valence-electron chi connectivity index (χ4n) is 3.02. The third-order valence-corrected chi connectivity index (χ3v) is 4.63. The standard InChI is InChI=1S/C22H16N4O8/c27-22(21-13-32-19-6-1-2-7-20(19)34-21)24-23-12-14-4-3-5-16(10-14)33-18-9-8-15(25(28)29)11-17(18)26(30)31/h1-12,21H,13H2,(H,24,27)/b23-12-/t21-/m1/s1. The first-order chi connectivity index (χ1) is 16.4. The van der Waals surface area contributed by atoms with Crippen molar-refractivity contribution in [3.63, 3.8) is 0 Å². The van der Waals surface area contributed by atoms with E-state index in [1.54, 1.807) is 42.5 Å². The van der Waals surface area contributed by atoms with Crippen molar-refractivity contribution in [3.8, 4) is 23.0 Å². The zero-order valence-electron chi connectivity index (χ0n) is 17.3. The Kier molecular flexibility index (Phi) is 6.30. The van der Waals surface area contributed by atoms with E-state index in [0.29, 0.717) is 17.1 Å². The number of nitro groups is 2. The number of amides is 1. The zero-order valence-corrected chi connectivity index (χ0v) is 17.3. The zero-order chi connectivity index (χ0) is 24.1. The van der Waals surface area contributed by atoms with Crippen molar-refractivity contribution in [2.45, 2.75) is 6.10 Å². The van der Waals surface area contributed by atoms with Crippen molar-refractivity contribution in [1.29, 1.82) is 0 Å². The number of carbonyl (C=O) groups is 1. The molecule has 0 radical (unpaired) electrons. The lowest BCUT2D eigenvalue weighted by Gasteiger charge is -2.24. The van der Waals surface area contributed by atoms with Crippen molar-refractivity contribution in [1.82, 2.24) is 5.43 Å². The predicted molar refractivity (Wildman–Crippen MR) is 118 cm³/mol. The van der Waals surface area contributed by atoms with E-state index < -0.39 is 33.2 Å². The Bertz CT molecular complexity index is 1290. The van der Waals surface area contributed by atoms with E-state index in [2.05, 4.69) is 10.5 Å². The molecule has 3 aromatic rings. The van der Waals surface area contributed by atoms with Gasteiger partial charge in [-0.15, -0.1) is 0 Å². The van der Waals surface area contributed by atoms with Gasteiger partial charge in [-0.25, -0.2) is 5.43 Å². The smallest absolute Gasteiger partial charge is 0.318 e. The minimum Gasteiger partial charge on any atom is -0.485 e. The van der Waals surface area contributed by atoms with Crippen molar-refractivity contribution in [3.05, 3.63) is 92.5 Å². The lowest BCUT2D eigenvalue weighted by Crippen LogP contribution is -2.42. The third-order valence-electron chi connectivity index (χ3n) is 4.63. The molecule has 12 nitrogen and oxygen atoms in total. The van der Waals surface area contributed by atoms with E-state index in [-0.39, 0.29) is 18.1 Å². The molecule has 1 N–H and O–H groups in total. The number of hydrazone groups is 1. The van der Waals surface area contributed by atoms with Gasteiger partial charge < -0.3 is 14.2 Å². The summed E-state index contributed by atoms with van der Waals surface area (Å²) in [6, 6.07) is 16.4. The number of rotatable bonds is 7. The summed E-state index contributed by atoms with van der Waals surface area (Å²) in [5.74, 6) is 0.587. The maximum atomic E-state index is 12.3. The van der Waals surface area contributed by atoms with Gasteiger partial charge in [0.1, 0.15) is 12.4 Å². The van der Waals surface area contributed by atoms with Crippen LogP contribution >= 0.6 is 0 Å². The number of hydrogen-bond acceptors (Lipinski definition) is 9. The van der Waals surface area contributed by atoms with Crippen LogP contribution in [-0.2, 0) is 4.79 Å². The van der Waals surface area contributed by atoms with Crippen LogP contribution in [-0.4, -0.2) is 34.7 Å². The molecule has 0 unspecified atom stereocenters. The molecule has 0 aromatic heterocycles. The summed E-state index contributed by atoms with van der Waals surface area (Å²) in [6.45, 7) is 0.0374. The maximum absolute atomic E-state index is 12.3. The number of ether oxygens (including phenoxy) is 3. The van der Waals surface area contributed by atoms with Gasteiger partial charge in [-0.2, -0.15) is 5.10 Å². The number of fused-ring (bicyclic) bond motifs is 1. The van der Waals surface area contributed by atoms with E-state index in [1.807, 2.05) is 0 Å². The van der Waals surface area contributed by atoms with Crippen LogP contribution < -0.4 is 19.6 Å². The molecule has 34 heavy (non-hydrogen) atoms. The molecule has 1 heterocycles. The van der Waals surface area contributed by atoms with Gasteiger partial charge in [0.05, 0.1) is 22.1 Å². The summed E-state index contributed by atoms with van der Waals surface area (Å²) >= 11 is 0. The van der Waals surface area contributed by atoms with Crippen LogP contribution in [0.25, 0.3) is 0 Å². The highest BCUT2D eigenvalue weighted by atomic mass is 16.6. The van der Waals surface area contributed by atoms with E-state index in [1.165, 1.54) is 12.3 Å². The third kappa shape index (κ3) is 5.07. The first kappa shape index (κ1) is 22.2. The molecule has 12 heteroatoms. The van der Waals surface area contributed by atoms with Crippen LogP contribution in [0.2, 0.25) is 0 Å². The summed E-state index contributed by atoms with van der Waals surface area (Å²) in [4.78, 5) is 33.0. The van der Waals surface area contributed by atoms with Gasteiger partial charge in [0.2, 0.25) is 11.9 Å². The number of benzene rings is 3. The van der Waals surface area contributed by atoms with Crippen LogP contribution in [0.15, 0.2) is 71.8 Å². The minimum atomic E-state index is -0.871. The molecule has 1 atom stereocenters. The molecule has 1 aliphatic rings. The molecular formula is C22H16N4O8. The van der Waals surface area contributed by atoms with Crippen LogP contribution in [0.4, 0.5) is 11.4 Å². The SMILES string of the molecule is O=C(N/N=C\c1cccc(Oc2ccc([N+](=O)[O-])cc2[N+](=O)[O-])c1)[C@H]1COc2ccccc2O1. The Morgan fingerprint density at radius 2 is 1.82 bits per heavy atom. The maximum Gasteiger partial charge on any atom is 0.318 e. The second kappa shape index (κ2) is 9.65. The highest BCUT2D eigenvalue weighted by Gasteiger charge is 2.27. The molecule has 172 valence electrons. The molecule has 0 fully saturated rings. The number of para-hydroxylation sites is 2. The molecule has 4 rings (SSSR count). The molecule has 0 spiro atoms. The number of nitrogens with zero attached hydrogens (tertiary/aromatic N) is 3. The molecule has 1 amide bonds. The fourth-order valence-corrected chi connectivity index (χ4v) is 3.02. The highest BCUT2D eigenvalue weighted by Crippen LogP contribution is 2.34. The molecule has 0 bridgehead atoms. The molecule has 3 aromatic carbocycles. The summed E-state index contributed by atoms with van der Waals surface area (Å²) in [5.41, 5.74) is 1.93. The number of nitro benzene ring substituents is 2. The van der Waals surface area contributed by atoms with E-state index in [4.69, 9.17) is 14.2 Å². The molecular weight excluding hydrogens is 448 g/mol. The monoisotopic (exact) mass is 464 g/mol. The predicted octanol–water partition coefficient (Wildman–Crippen LogP) is 3.59. The number of hydrogen-bond donors (Lipinski definition) is 1. The van der Waals surface area contributed by atoms with E-state index >= 15 is 0 Å². The second-order valence-electron chi connectivity index (χ2n) is 6.94. The van der Waals surface area contributed by atoms with Crippen molar-refractivity contribution >= 4 is 23.5 Å². The first-order valence-electron chi connectivity index (χ1n) is 9.83. The van der Waals surface area contributed by atoms with Gasteiger partial charge in [0.15, 0.2) is 11.5 Å². The Morgan fingerprint density at radius 3 is 2.59 bits per heavy atom. The highest BCUT2D eigenvalue weighted by molar-refractivity contribution is 5.85. The van der Waals surface area contributed by atoms with E-state index in [9.17, 15) is 25.0 Å². The second-order valence-corrected chi connectivity index (χ2v) is 6.94. The molecule has 0 aliphatic carbocycles. The van der Waals surface area contributed by atoms with Gasteiger partial charge in [0, 0.05) is 6.07 Å². The fraction of sp³-hybridized carbons (Fsp3) is 0.0909. The first-order valence-corrected chi connectivity index (χ1v) is 9.83. The number of non-ortho nitro benzene ring substituents is 1. The number of nitrogens with one attached hydrogen (secondary N) is 1. The largest absolute Gasteiger partial charge is 0.485 e. The normalized spacial score (nSPS) is 14.4. The summed E-state index contributed by atoms with van der Waals surface area (Å²) < 4.78 is 16.7. The van der Waals surface area contributed by atoms with Gasteiger partial charge in [-0.05, 0) is 35.9 Å². The van der Waals surface area contributed by atoms with Gasteiger partial charge in [0.25, 0.3) is 11.6 Å². The van der Waals surface area contributed by atoms with E-state index in [0.717, 1.165) is 18.2 Å². The van der Waals surface area contributed by atoms with Crippen molar-refractivity contribution in [2.75, 3.05) is 6.61 Å². The van der Waals surface area contributed by atoms with Crippen molar-refractivity contribution < 1.29 is 28.9 Å². The quantitative estimate of drug-likeness (QED) is 0.316. The Hall–Kier alpha value is -5.00. The van der Waals surface area contributed by atoms with Gasteiger partial charge in [-0.3, -0.25) is 25.0 Å². The van der Waals surface area contributed by atoms with Crippen LogP contribution in [0.5, 0.6) is 23.0 Å². The minimum absolute atomic E-state index is 0.0374. The molecule has 0 saturated carbocycles. The summed E-state index contributed by atoms with van der Waals surface area (Å²) in [7, 11) is 0. The van der Waals surface area contributed by atoms with Crippen LogP contribution in [0.1, 0.15) is 5.56 Å². The Morgan fingerprint density at radius 1 is 1.03 bits per heavy atom. The summed E-state index contributed by atoms with van der Waals surface area (Å²) in [6.07, 6.45) is 0.483. The Labute approximate surface area is 191 Å². The van der Waals surface area contributed by atoms with Gasteiger partial charge >= 0.3 is 5.69 Å². The average Bonchev–Trinajstić information content (AvgIpc) is 2.84. The summed E-state index contributed by atoms with van der Waals surface area (Å²) in [5, 5.41) is 26.1. The Balaban J connectivity index is 1.41. The lowest BCUT2D eigenvalue weighted by molar-refractivity contribution is -0.394. The lowest BCUT2D eigenvalue weighted by atomic mass is 10.2. The van der Waals surface area contributed by atoms with Crippen LogP contribution in [0, 0.1) is 20.2 Å². The molecule has 1 aliphatic heterocycles. The molecule has 0 saturated heterocycles. The topological polar surface area (TPSA) is 155 Å².